The zero-order valence-corrected chi connectivity index (χ0v) is 22.6. The van der Waals surface area contributed by atoms with Gasteiger partial charge in [-0.25, -0.2) is 27.2 Å². The van der Waals surface area contributed by atoms with E-state index in [9.17, 15) is 23.2 Å². The Bertz CT molecular complexity index is 2030. The van der Waals surface area contributed by atoms with E-state index in [0.29, 0.717) is 27.3 Å². The van der Waals surface area contributed by atoms with Gasteiger partial charge in [-0.1, -0.05) is 12.1 Å². The lowest BCUT2D eigenvalue weighted by atomic mass is 10.1. The molecule has 0 aliphatic carbocycles. The lowest BCUT2D eigenvalue weighted by molar-refractivity contribution is -0.114. The number of nitrogens with zero attached hydrogens (tertiary/aromatic N) is 5. The standard InChI is InChI=1S/C29H23F3N6O4/c1-15(39)33-16-10-11-20-22(12-16)35(2)14-23-25-27(34-38(20)23)36(13-17-18(30)6-4-7-19(17)31)29(41)37(28(25)40)21-8-5-9-24(42-3)26(21)32/h4-12H,13-14H2,1-3H3,(H,33,39). The van der Waals surface area contributed by atoms with Crippen LogP contribution in [-0.4, -0.2) is 39.0 Å². The highest BCUT2D eigenvalue weighted by molar-refractivity contribution is 5.90. The van der Waals surface area contributed by atoms with Crippen LogP contribution in [0.1, 0.15) is 18.2 Å². The van der Waals surface area contributed by atoms with Gasteiger partial charge in [-0.3, -0.25) is 14.2 Å². The molecule has 6 rings (SSSR count). The molecule has 0 unspecified atom stereocenters. The highest BCUT2D eigenvalue weighted by atomic mass is 19.1. The molecule has 3 aromatic carbocycles. The Morgan fingerprint density at radius 2 is 1.71 bits per heavy atom. The number of nitrogens with one attached hydrogen (secondary N) is 1. The van der Waals surface area contributed by atoms with Crippen LogP contribution >= 0.6 is 0 Å². The highest BCUT2D eigenvalue weighted by Gasteiger charge is 2.30. The Kier molecular flexibility index (Phi) is 6.36. The first-order chi connectivity index (χ1) is 20.1. The van der Waals surface area contributed by atoms with Gasteiger partial charge in [-0.05, 0) is 42.5 Å². The van der Waals surface area contributed by atoms with Crippen molar-refractivity contribution in [1.29, 1.82) is 0 Å². The van der Waals surface area contributed by atoms with Gasteiger partial charge in [0.25, 0.3) is 5.56 Å². The summed E-state index contributed by atoms with van der Waals surface area (Å²) in [7, 11) is 3.01. The van der Waals surface area contributed by atoms with Crippen LogP contribution in [0.2, 0.25) is 0 Å². The molecule has 1 aliphatic heterocycles. The van der Waals surface area contributed by atoms with Crippen LogP contribution in [0.15, 0.2) is 64.2 Å². The maximum atomic E-state index is 15.4. The number of methoxy groups -OCH3 is 1. The summed E-state index contributed by atoms with van der Waals surface area (Å²) >= 11 is 0. The van der Waals surface area contributed by atoms with Gasteiger partial charge in [0.05, 0.1) is 43.0 Å². The van der Waals surface area contributed by atoms with Crippen molar-refractivity contribution in [3.63, 3.8) is 0 Å². The number of rotatable bonds is 5. The molecule has 0 fully saturated rings. The summed E-state index contributed by atoms with van der Waals surface area (Å²) in [5.41, 5.74) is -0.761. The SMILES string of the molecule is COc1cccc(-n2c(=O)c3c4n(nc3n(Cc3c(F)cccc3F)c2=O)-c2ccc(NC(C)=O)cc2N(C)C4)c1F. The Hall–Kier alpha value is -5.33. The van der Waals surface area contributed by atoms with Gasteiger partial charge >= 0.3 is 5.69 Å². The summed E-state index contributed by atoms with van der Waals surface area (Å²) < 4.78 is 53.1. The number of hydrogen-bond donors (Lipinski definition) is 1. The number of fused-ring (bicyclic) bond motifs is 5. The molecule has 3 heterocycles. The van der Waals surface area contributed by atoms with E-state index >= 15 is 4.39 Å². The maximum absolute atomic E-state index is 15.4. The second-order valence-electron chi connectivity index (χ2n) is 9.80. The Morgan fingerprint density at radius 1 is 1.00 bits per heavy atom. The molecule has 10 nitrogen and oxygen atoms in total. The van der Waals surface area contributed by atoms with E-state index in [4.69, 9.17) is 4.74 Å². The molecule has 42 heavy (non-hydrogen) atoms. The molecule has 0 saturated heterocycles. The minimum Gasteiger partial charge on any atom is -0.494 e. The number of hydrogen-bond acceptors (Lipinski definition) is 6. The first-order valence-corrected chi connectivity index (χ1v) is 12.8. The topological polar surface area (TPSA) is 103 Å². The van der Waals surface area contributed by atoms with Gasteiger partial charge in [0.2, 0.25) is 5.91 Å². The van der Waals surface area contributed by atoms with Gasteiger partial charge in [0.1, 0.15) is 17.0 Å². The van der Waals surface area contributed by atoms with E-state index in [1.54, 1.807) is 25.2 Å². The molecule has 0 bridgehead atoms. The molecule has 1 aliphatic rings. The zero-order chi connectivity index (χ0) is 29.9. The molecule has 0 radical (unpaired) electrons. The first-order valence-electron chi connectivity index (χ1n) is 12.8. The van der Waals surface area contributed by atoms with Crippen LogP contribution in [0.25, 0.3) is 22.4 Å². The van der Waals surface area contributed by atoms with Crippen molar-refractivity contribution >= 4 is 28.3 Å². The number of anilines is 2. The maximum Gasteiger partial charge on any atom is 0.337 e. The minimum atomic E-state index is -1.05. The van der Waals surface area contributed by atoms with Crippen molar-refractivity contribution in [2.45, 2.75) is 20.0 Å². The van der Waals surface area contributed by atoms with Crippen LogP contribution in [0.3, 0.4) is 0 Å². The second kappa shape index (κ2) is 9.94. The largest absolute Gasteiger partial charge is 0.494 e. The highest BCUT2D eigenvalue weighted by Crippen LogP contribution is 2.35. The van der Waals surface area contributed by atoms with Crippen molar-refractivity contribution in [3.05, 3.63) is 104 Å². The summed E-state index contributed by atoms with van der Waals surface area (Å²) in [4.78, 5) is 41.4. The fourth-order valence-electron chi connectivity index (χ4n) is 5.23. The third kappa shape index (κ3) is 4.12. The van der Waals surface area contributed by atoms with Crippen LogP contribution < -0.4 is 26.2 Å². The van der Waals surface area contributed by atoms with Crippen LogP contribution in [0.5, 0.6) is 5.75 Å². The molecule has 214 valence electrons. The third-order valence-electron chi connectivity index (χ3n) is 7.16. The monoisotopic (exact) mass is 576 g/mol. The Balaban J connectivity index is 1.69. The molecule has 0 saturated carbocycles. The number of ether oxygens (including phenoxy) is 1. The van der Waals surface area contributed by atoms with E-state index in [1.165, 1.54) is 43.0 Å². The van der Waals surface area contributed by atoms with E-state index in [-0.39, 0.29) is 29.2 Å². The molecular weight excluding hydrogens is 553 g/mol. The first kappa shape index (κ1) is 26.9. The number of carbonyl (C=O) groups is 1. The van der Waals surface area contributed by atoms with Crippen LogP contribution in [-0.2, 0) is 17.9 Å². The summed E-state index contributed by atoms with van der Waals surface area (Å²) in [6.07, 6.45) is 0. The Morgan fingerprint density at radius 3 is 2.40 bits per heavy atom. The van der Waals surface area contributed by atoms with Gasteiger partial charge in [-0.15, -0.1) is 5.10 Å². The molecule has 0 spiro atoms. The molecule has 5 aromatic rings. The number of halogens is 3. The fraction of sp³-hybridized carbons (Fsp3) is 0.172. The Labute approximate surface area is 235 Å². The predicted octanol–water partition coefficient (Wildman–Crippen LogP) is 3.72. The summed E-state index contributed by atoms with van der Waals surface area (Å²) in [5.74, 6) is -3.23. The van der Waals surface area contributed by atoms with Gasteiger partial charge in [-0.2, -0.15) is 0 Å². The van der Waals surface area contributed by atoms with Crippen molar-refractivity contribution in [1.82, 2.24) is 18.9 Å². The molecule has 2 aromatic heterocycles. The quantitative estimate of drug-likeness (QED) is 0.342. The van der Waals surface area contributed by atoms with E-state index in [0.717, 1.165) is 16.7 Å². The van der Waals surface area contributed by atoms with Crippen LogP contribution in [0.4, 0.5) is 24.5 Å². The molecular formula is C29H23F3N6O4. The number of amides is 1. The summed E-state index contributed by atoms with van der Waals surface area (Å²) in [5, 5.41) is 7.27. The lowest BCUT2D eigenvalue weighted by Crippen LogP contribution is -2.40. The van der Waals surface area contributed by atoms with Crippen LogP contribution in [0, 0.1) is 17.5 Å². The van der Waals surface area contributed by atoms with Crippen molar-refractivity contribution in [2.24, 2.45) is 0 Å². The van der Waals surface area contributed by atoms with E-state index < -0.39 is 46.5 Å². The smallest absolute Gasteiger partial charge is 0.337 e. The van der Waals surface area contributed by atoms with Crippen molar-refractivity contribution in [2.75, 3.05) is 24.4 Å². The summed E-state index contributed by atoms with van der Waals surface area (Å²) in [6, 6.07) is 12.3. The molecule has 0 atom stereocenters. The van der Waals surface area contributed by atoms with Crippen molar-refractivity contribution in [3.8, 4) is 17.1 Å². The predicted molar refractivity (Wildman–Crippen MR) is 149 cm³/mol. The zero-order valence-electron chi connectivity index (χ0n) is 22.6. The average Bonchev–Trinajstić information content (AvgIpc) is 3.32. The normalized spacial score (nSPS) is 12.3. The summed E-state index contributed by atoms with van der Waals surface area (Å²) in [6.45, 7) is 0.894. The van der Waals surface area contributed by atoms with E-state index in [2.05, 4.69) is 10.4 Å². The molecule has 1 N–H and O–H groups in total. The van der Waals surface area contributed by atoms with Crippen molar-refractivity contribution < 1.29 is 22.7 Å². The number of aromatic nitrogens is 4. The van der Waals surface area contributed by atoms with Gasteiger partial charge in [0, 0.05) is 25.2 Å². The molecule has 1 amide bonds. The number of benzene rings is 3. The van der Waals surface area contributed by atoms with Gasteiger partial charge in [0.15, 0.2) is 17.2 Å². The fourth-order valence-corrected chi connectivity index (χ4v) is 5.23. The second-order valence-corrected chi connectivity index (χ2v) is 9.80. The van der Waals surface area contributed by atoms with E-state index in [1.807, 2.05) is 4.90 Å². The average molecular weight is 577 g/mol. The lowest BCUT2D eigenvalue weighted by Gasteiger charge is -2.28. The number of carbonyl (C=O) groups excluding carboxylic acids is 1. The van der Waals surface area contributed by atoms with Gasteiger partial charge < -0.3 is 15.0 Å². The molecule has 13 heteroatoms. The minimum absolute atomic E-state index is 0.0306. The third-order valence-corrected chi connectivity index (χ3v) is 7.16.